The molecule has 5 rings (SSSR count). The minimum absolute atomic E-state index is 0.00233. The van der Waals surface area contributed by atoms with E-state index in [0.29, 0.717) is 29.0 Å². The molecule has 3 nitrogen and oxygen atoms in total. The third-order valence-corrected chi connectivity index (χ3v) is 9.56. The minimum Gasteiger partial charge on any atom is -0.348 e. The first kappa shape index (κ1) is 16.7. The van der Waals surface area contributed by atoms with Gasteiger partial charge >= 0.3 is 0 Å². The molecule has 0 radical (unpaired) electrons. The van der Waals surface area contributed by atoms with Gasteiger partial charge in [-0.2, -0.15) is 0 Å². The Balaban J connectivity index is 1.46. The number of ether oxygens (including phenoxy) is 2. The van der Waals surface area contributed by atoms with Gasteiger partial charge in [0.2, 0.25) is 0 Å². The summed E-state index contributed by atoms with van der Waals surface area (Å²) in [6, 6.07) is 0. The summed E-state index contributed by atoms with van der Waals surface area (Å²) >= 11 is 0. The van der Waals surface area contributed by atoms with Crippen LogP contribution in [-0.2, 0) is 14.3 Å². The predicted molar refractivity (Wildman–Crippen MR) is 95.9 cm³/mol. The Kier molecular flexibility index (Phi) is 3.56. The molecule has 4 aliphatic carbocycles. The van der Waals surface area contributed by atoms with Crippen molar-refractivity contribution in [3.63, 3.8) is 0 Å². The zero-order chi connectivity index (χ0) is 17.4. The fourth-order valence-corrected chi connectivity index (χ4v) is 8.19. The normalized spacial score (nSPS) is 54.2. The van der Waals surface area contributed by atoms with Crippen LogP contribution in [0.2, 0.25) is 0 Å². The lowest BCUT2D eigenvalue weighted by atomic mass is 9.43. The van der Waals surface area contributed by atoms with Crippen molar-refractivity contribution in [2.45, 2.75) is 77.9 Å². The number of carbonyl (C=O) groups is 1. The van der Waals surface area contributed by atoms with Gasteiger partial charge in [0.25, 0.3) is 0 Å². The van der Waals surface area contributed by atoms with Gasteiger partial charge in [0.1, 0.15) is 5.78 Å². The highest BCUT2D eigenvalue weighted by Gasteiger charge is 2.63. The Morgan fingerprint density at radius 1 is 0.960 bits per heavy atom. The molecule has 1 spiro atoms. The third-order valence-electron chi connectivity index (χ3n) is 9.56. The van der Waals surface area contributed by atoms with Crippen LogP contribution in [-0.4, -0.2) is 24.8 Å². The molecule has 0 aromatic carbocycles. The SMILES string of the molecule is CC1CC2C3CCC(=O)C3(C)CCC2C2(C)CCC3(CC12)OCCO3. The number of carbonyl (C=O) groups excluding carboxylic acids is 1. The molecule has 7 atom stereocenters. The lowest BCUT2D eigenvalue weighted by Gasteiger charge is -2.63. The van der Waals surface area contributed by atoms with Crippen molar-refractivity contribution >= 4 is 5.78 Å². The van der Waals surface area contributed by atoms with E-state index in [4.69, 9.17) is 9.47 Å². The molecule has 5 fully saturated rings. The van der Waals surface area contributed by atoms with Gasteiger partial charge in [-0.05, 0) is 67.1 Å². The van der Waals surface area contributed by atoms with Crippen molar-refractivity contribution in [2.24, 2.45) is 40.4 Å². The Morgan fingerprint density at radius 2 is 1.72 bits per heavy atom. The highest BCUT2D eigenvalue weighted by Crippen LogP contribution is 2.67. The lowest BCUT2D eigenvalue weighted by molar-refractivity contribution is -0.237. The first-order chi connectivity index (χ1) is 11.9. The van der Waals surface area contributed by atoms with Crippen molar-refractivity contribution in [1.82, 2.24) is 0 Å². The lowest BCUT2D eigenvalue weighted by Crippen LogP contribution is -2.58. The van der Waals surface area contributed by atoms with Crippen molar-refractivity contribution in [2.75, 3.05) is 13.2 Å². The number of hydrogen-bond donors (Lipinski definition) is 0. The van der Waals surface area contributed by atoms with Crippen molar-refractivity contribution < 1.29 is 14.3 Å². The van der Waals surface area contributed by atoms with E-state index in [1.54, 1.807) is 0 Å². The Bertz CT molecular complexity index is 580. The number of fused-ring (bicyclic) bond motifs is 5. The maximum atomic E-state index is 12.6. The fourth-order valence-electron chi connectivity index (χ4n) is 8.19. The molecule has 0 bridgehead atoms. The molecule has 1 aliphatic heterocycles. The van der Waals surface area contributed by atoms with Gasteiger partial charge in [-0.25, -0.2) is 0 Å². The zero-order valence-electron chi connectivity index (χ0n) is 16.2. The summed E-state index contributed by atoms with van der Waals surface area (Å²) in [6.45, 7) is 8.87. The summed E-state index contributed by atoms with van der Waals surface area (Å²) in [4.78, 5) is 12.6. The van der Waals surface area contributed by atoms with Gasteiger partial charge < -0.3 is 9.47 Å². The van der Waals surface area contributed by atoms with Crippen LogP contribution in [0.15, 0.2) is 0 Å². The summed E-state index contributed by atoms with van der Waals surface area (Å²) < 4.78 is 12.2. The standard InChI is InChI=1S/C22H34O3/c1-14-12-15-16-4-5-19(23)21(16,3)7-6-17(15)20(2)8-9-22(13-18(14)20)24-10-11-25-22/h14-18H,4-13H2,1-3H3. The molecule has 0 aromatic rings. The summed E-state index contributed by atoms with van der Waals surface area (Å²) in [5.74, 6) is 3.94. The highest BCUT2D eigenvalue weighted by atomic mass is 16.7. The van der Waals surface area contributed by atoms with E-state index >= 15 is 0 Å². The highest BCUT2D eigenvalue weighted by molar-refractivity contribution is 5.87. The van der Waals surface area contributed by atoms with Crippen LogP contribution < -0.4 is 0 Å². The van der Waals surface area contributed by atoms with Crippen molar-refractivity contribution in [3.05, 3.63) is 0 Å². The number of rotatable bonds is 0. The molecule has 4 saturated carbocycles. The Morgan fingerprint density at radius 3 is 2.48 bits per heavy atom. The smallest absolute Gasteiger partial charge is 0.168 e. The van der Waals surface area contributed by atoms with Crippen molar-refractivity contribution in [1.29, 1.82) is 0 Å². The van der Waals surface area contributed by atoms with Gasteiger partial charge in [-0.3, -0.25) is 4.79 Å². The van der Waals surface area contributed by atoms with E-state index < -0.39 is 0 Å². The maximum Gasteiger partial charge on any atom is 0.168 e. The summed E-state index contributed by atoms with van der Waals surface area (Å²) in [5.41, 5.74) is 0.410. The van der Waals surface area contributed by atoms with E-state index in [0.717, 1.165) is 57.2 Å². The third kappa shape index (κ3) is 2.15. The number of Topliss-reactive ketones (excluding diaryl/α,β-unsaturated/α-hetero) is 1. The summed E-state index contributed by atoms with van der Waals surface area (Å²) in [7, 11) is 0. The van der Waals surface area contributed by atoms with Gasteiger partial charge in [0.15, 0.2) is 5.79 Å². The molecule has 25 heavy (non-hydrogen) atoms. The second-order valence-electron chi connectivity index (χ2n) is 10.4. The second kappa shape index (κ2) is 5.32. The van der Waals surface area contributed by atoms with Crippen LogP contribution in [0.1, 0.15) is 72.1 Å². The average molecular weight is 347 g/mol. The van der Waals surface area contributed by atoms with Crippen LogP contribution in [0.3, 0.4) is 0 Å². The van der Waals surface area contributed by atoms with Gasteiger partial charge in [0.05, 0.1) is 13.2 Å². The second-order valence-corrected chi connectivity index (χ2v) is 10.4. The zero-order valence-corrected chi connectivity index (χ0v) is 16.2. The number of hydrogen-bond acceptors (Lipinski definition) is 3. The molecule has 1 saturated heterocycles. The van der Waals surface area contributed by atoms with E-state index in [1.807, 2.05) is 0 Å². The Labute approximate surface area is 152 Å². The monoisotopic (exact) mass is 346 g/mol. The molecule has 0 aromatic heterocycles. The largest absolute Gasteiger partial charge is 0.348 e. The molecular formula is C22H34O3. The molecule has 1 heterocycles. The van der Waals surface area contributed by atoms with E-state index in [-0.39, 0.29) is 11.2 Å². The van der Waals surface area contributed by atoms with Gasteiger partial charge in [-0.15, -0.1) is 0 Å². The van der Waals surface area contributed by atoms with Crippen LogP contribution in [0, 0.1) is 40.4 Å². The molecular weight excluding hydrogens is 312 g/mol. The summed E-state index contributed by atoms with van der Waals surface area (Å²) in [5, 5.41) is 0. The van der Waals surface area contributed by atoms with Crippen LogP contribution in [0.5, 0.6) is 0 Å². The quantitative estimate of drug-likeness (QED) is 0.644. The summed E-state index contributed by atoms with van der Waals surface area (Å²) in [6.07, 6.45) is 9.09. The van der Waals surface area contributed by atoms with E-state index in [1.165, 1.54) is 19.3 Å². The fraction of sp³-hybridized carbons (Fsp3) is 0.955. The van der Waals surface area contributed by atoms with Crippen LogP contribution in [0.4, 0.5) is 0 Å². The average Bonchev–Trinajstić information content (AvgIpc) is 3.15. The van der Waals surface area contributed by atoms with Crippen LogP contribution >= 0.6 is 0 Å². The van der Waals surface area contributed by atoms with Gasteiger partial charge in [0, 0.05) is 24.7 Å². The van der Waals surface area contributed by atoms with Crippen molar-refractivity contribution in [3.8, 4) is 0 Å². The van der Waals surface area contributed by atoms with E-state index in [2.05, 4.69) is 20.8 Å². The first-order valence-corrected chi connectivity index (χ1v) is 10.7. The Hall–Kier alpha value is -0.410. The maximum absolute atomic E-state index is 12.6. The van der Waals surface area contributed by atoms with E-state index in [9.17, 15) is 4.79 Å². The predicted octanol–water partition coefficient (Wildman–Crippen LogP) is 4.59. The minimum atomic E-state index is -0.266. The molecule has 3 heteroatoms. The molecule has 0 N–H and O–H groups in total. The van der Waals surface area contributed by atoms with Crippen LogP contribution in [0.25, 0.3) is 0 Å². The topological polar surface area (TPSA) is 35.5 Å². The first-order valence-electron chi connectivity index (χ1n) is 10.7. The molecule has 140 valence electrons. The molecule has 0 amide bonds. The molecule has 5 aliphatic rings. The number of ketones is 1. The molecule has 7 unspecified atom stereocenters. The van der Waals surface area contributed by atoms with Gasteiger partial charge in [-0.1, -0.05) is 20.8 Å².